The van der Waals surface area contributed by atoms with Gasteiger partial charge in [0.2, 0.25) is 5.72 Å². The molecule has 0 saturated carbocycles. The predicted molar refractivity (Wildman–Crippen MR) is 127 cm³/mol. The lowest BCUT2D eigenvalue weighted by atomic mass is 9.84. The van der Waals surface area contributed by atoms with Crippen LogP contribution >= 0.6 is 0 Å². The van der Waals surface area contributed by atoms with Crippen molar-refractivity contribution in [1.82, 2.24) is 0 Å². The zero-order chi connectivity index (χ0) is 22.2. The van der Waals surface area contributed by atoms with Gasteiger partial charge in [-0.05, 0) is 48.9 Å². The van der Waals surface area contributed by atoms with Crippen molar-refractivity contribution in [3.8, 4) is 5.75 Å². The number of nitrogens with zero attached hydrogens (tertiary/aromatic N) is 1. The van der Waals surface area contributed by atoms with Crippen molar-refractivity contribution < 1.29 is 14.0 Å². The Labute approximate surface area is 184 Å². The van der Waals surface area contributed by atoms with E-state index in [1.807, 2.05) is 30.3 Å². The molecule has 3 heteroatoms. The third kappa shape index (κ3) is 6.09. The van der Waals surface area contributed by atoms with Crippen LogP contribution in [-0.4, -0.2) is 38.3 Å². The Balaban J connectivity index is 2.38. The Morgan fingerprint density at radius 2 is 1.47 bits per heavy atom. The smallest absolute Gasteiger partial charge is 0.230 e. The fourth-order valence-corrected chi connectivity index (χ4v) is 4.21. The molecule has 0 aromatic heterocycles. The van der Waals surface area contributed by atoms with Crippen LogP contribution in [0.1, 0.15) is 52.2 Å². The van der Waals surface area contributed by atoms with Gasteiger partial charge in [0.25, 0.3) is 0 Å². The molecular formula is C27H42NO2+. The molecule has 166 valence electrons. The van der Waals surface area contributed by atoms with Gasteiger partial charge in [-0.25, -0.2) is 0 Å². The second-order valence-corrected chi connectivity index (χ2v) is 9.65. The molecule has 0 fully saturated rings. The van der Waals surface area contributed by atoms with Crippen LogP contribution in [0.5, 0.6) is 5.75 Å². The molecule has 0 bridgehead atoms. The third-order valence-corrected chi connectivity index (χ3v) is 5.96. The zero-order valence-corrected chi connectivity index (χ0v) is 20.2. The zero-order valence-electron chi connectivity index (χ0n) is 20.2. The van der Waals surface area contributed by atoms with Crippen molar-refractivity contribution in [3.05, 3.63) is 65.7 Å². The number of quaternary nitrogens is 1. The summed E-state index contributed by atoms with van der Waals surface area (Å²) in [6.45, 7) is 13.5. The van der Waals surface area contributed by atoms with Crippen LogP contribution in [0.25, 0.3) is 0 Å². The highest BCUT2D eigenvalue weighted by Gasteiger charge is 2.49. The molecule has 2 rings (SSSR count). The highest BCUT2D eigenvalue weighted by Crippen LogP contribution is 2.42. The van der Waals surface area contributed by atoms with E-state index in [1.165, 1.54) is 11.1 Å². The number of rotatable bonds is 12. The lowest BCUT2D eigenvalue weighted by molar-refractivity contribution is -0.977. The van der Waals surface area contributed by atoms with E-state index in [0.717, 1.165) is 29.6 Å². The summed E-state index contributed by atoms with van der Waals surface area (Å²) in [6.07, 6.45) is 2.03. The van der Waals surface area contributed by atoms with Crippen LogP contribution in [0.15, 0.2) is 54.6 Å². The molecule has 1 unspecified atom stereocenters. The second-order valence-electron chi connectivity index (χ2n) is 9.65. The summed E-state index contributed by atoms with van der Waals surface area (Å²) in [6, 6.07) is 18.9. The highest BCUT2D eigenvalue weighted by atomic mass is 16.6. The molecular weight excluding hydrogens is 370 g/mol. The van der Waals surface area contributed by atoms with Gasteiger partial charge in [0.1, 0.15) is 12.4 Å². The van der Waals surface area contributed by atoms with Crippen LogP contribution in [0.2, 0.25) is 0 Å². The van der Waals surface area contributed by atoms with Crippen molar-refractivity contribution in [2.24, 2.45) is 11.8 Å². The van der Waals surface area contributed by atoms with Crippen molar-refractivity contribution in [2.75, 3.05) is 33.9 Å². The van der Waals surface area contributed by atoms with Crippen molar-refractivity contribution in [2.45, 2.75) is 53.2 Å². The van der Waals surface area contributed by atoms with Gasteiger partial charge in [0.05, 0.1) is 27.2 Å². The standard InChI is InChI=1S/C27H42NO2/c1-8-28(6,7)27(21-23(4)5,26-17-13-12-14-24(26)20-22(2)3)30-19-18-29-25-15-10-9-11-16-25/h9-17,22-23H,8,18-21H2,1-7H3/q+1. The Morgan fingerprint density at radius 1 is 0.833 bits per heavy atom. The summed E-state index contributed by atoms with van der Waals surface area (Å²) >= 11 is 0. The van der Waals surface area contributed by atoms with Crippen LogP contribution in [0.3, 0.4) is 0 Å². The normalized spacial score (nSPS) is 14.2. The van der Waals surface area contributed by atoms with Crippen LogP contribution < -0.4 is 4.74 Å². The fraction of sp³-hybridized carbons (Fsp3) is 0.556. The second kappa shape index (κ2) is 11.0. The Bertz CT molecular complexity index is 754. The summed E-state index contributed by atoms with van der Waals surface area (Å²) in [5.41, 5.74) is 2.32. The summed E-state index contributed by atoms with van der Waals surface area (Å²) < 4.78 is 13.6. The SMILES string of the molecule is CC[N+](C)(C)C(CC(C)C)(OCCOc1ccccc1)c1ccccc1CC(C)C. The lowest BCUT2D eigenvalue weighted by Gasteiger charge is -2.49. The average molecular weight is 413 g/mol. The van der Waals surface area contributed by atoms with Crippen molar-refractivity contribution >= 4 is 0 Å². The number of benzene rings is 2. The molecule has 0 heterocycles. The summed E-state index contributed by atoms with van der Waals surface area (Å²) in [5, 5.41) is 0. The minimum absolute atomic E-state index is 0.408. The topological polar surface area (TPSA) is 18.5 Å². The van der Waals surface area contributed by atoms with E-state index in [1.54, 1.807) is 0 Å². The van der Waals surface area contributed by atoms with Crippen molar-refractivity contribution in [3.63, 3.8) is 0 Å². The number of hydrogen-bond acceptors (Lipinski definition) is 2. The van der Waals surface area contributed by atoms with Gasteiger partial charge in [-0.2, -0.15) is 0 Å². The maximum Gasteiger partial charge on any atom is 0.230 e. The van der Waals surface area contributed by atoms with E-state index >= 15 is 0 Å². The van der Waals surface area contributed by atoms with E-state index in [9.17, 15) is 0 Å². The summed E-state index contributed by atoms with van der Waals surface area (Å²) in [4.78, 5) is 0. The predicted octanol–water partition coefficient (Wildman–Crippen LogP) is 6.28. The van der Waals surface area contributed by atoms with Gasteiger partial charge in [-0.15, -0.1) is 0 Å². The van der Waals surface area contributed by atoms with Gasteiger partial charge in [0.15, 0.2) is 0 Å². The molecule has 0 radical (unpaired) electrons. The molecule has 3 nitrogen and oxygen atoms in total. The molecule has 2 aromatic rings. The number of para-hydroxylation sites is 1. The lowest BCUT2D eigenvalue weighted by Crippen LogP contribution is -2.60. The third-order valence-electron chi connectivity index (χ3n) is 5.96. The van der Waals surface area contributed by atoms with E-state index < -0.39 is 5.72 Å². The van der Waals surface area contributed by atoms with Gasteiger partial charge >= 0.3 is 0 Å². The average Bonchev–Trinajstić information content (AvgIpc) is 2.70. The van der Waals surface area contributed by atoms with E-state index in [-0.39, 0.29) is 0 Å². The molecule has 0 spiro atoms. The number of hydrogen-bond donors (Lipinski definition) is 0. The molecule has 30 heavy (non-hydrogen) atoms. The first kappa shape index (κ1) is 24.4. The minimum Gasteiger partial charge on any atom is -0.491 e. The monoisotopic (exact) mass is 412 g/mol. The van der Waals surface area contributed by atoms with Crippen molar-refractivity contribution in [1.29, 1.82) is 0 Å². The van der Waals surface area contributed by atoms with E-state index in [0.29, 0.717) is 25.0 Å². The Morgan fingerprint density at radius 3 is 2.07 bits per heavy atom. The Kier molecular flexibility index (Phi) is 8.93. The highest BCUT2D eigenvalue weighted by molar-refractivity contribution is 5.32. The first-order valence-corrected chi connectivity index (χ1v) is 11.4. The molecule has 0 aliphatic carbocycles. The largest absolute Gasteiger partial charge is 0.491 e. The molecule has 0 aliphatic rings. The quantitative estimate of drug-likeness (QED) is 0.232. The first-order valence-electron chi connectivity index (χ1n) is 11.4. The van der Waals surface area contributed by atoms with Gasteiger partial charge in [0, 0.05) is 12.0 Å². The molecule has 0 aliphatic heterocycles. The minimum atomic E-state index is -0.408. The van der Waals surface area contributed by atoms with E-state index in [2.05, 4.69) is 73.0 Å². The van der Waals surface area contributed by atoms with Gasteiger partial charge < -0.3 is 9.47 Å². The Hall–Kier alpha value is -1.84. The molecule has 0 amide bonds. The van der Waals surface area contributed by atoms with Gasteiger partial charge in [-0.3, -0.25) is 4.48 Å². The summed E-state index contributed by atoms with van der Waals surface area (Å²) in [7, 11) is 4.60. The fourth-order valence-electron chi connectivity index (χ4n) is 4.21. The number of ether oxygens (including phenoxy) is 2. The first-order chi connectivity index (χ1) is 14.2. The van der Waals surface area contributed by atoms with E-state index in [4.69, 9.17) is 9.47 Å². The summed E-state index contributed by atoms with van der Waals surface area (Å²) in [5.74, 6) is 2.00. The maximum absolute atomic E-state index is 6.87. The molecule has 2 aromatic carbocycles. The molecule has 1 atom stereocenters. The van der Waals surface area contributed by atoms with Crippen LogP contribution in [0, 0.1) is 11.8 Å². The molecule has 0 saturated heterocycles. The molecule has 0 N–H and O–H groups in total. The van der Waals surface area contributed by atoms with Crippen LogP contribution in [-0.2, 0) is 16.9 Å². The van der Waals surface area contributed by atoms with Crippen LogP contribution in [0.4, 0.5) is 0 Å². The van der Waals surface area contributed by atoms with Gasteiger partial charge in [-0.1, -0.05) is 64.1 Å². The maximum atomic E-state index is 6.87.